The third-order valence-electron chi connectivity index (χ3n) is 8.27. The van der Waals surface area contributed by atoms with E-state index in [1.807, 2.05) is 9.80 Å². The summed E-state index contributed by atoms with van der Waals surface area (Å²) in [4.78, 5) is 38.1. The summed E-state index contributed by atoms with van der Waals surface area (Å²) in [5.74, 6) is 0.118. The second-order valence-electron chi connectivity index (χ2n) is 10.9. The highest BCUT2D eigenvalue weighted by Gasteiger charge is 2.42. The molecule has 12 heteroatoms. The lowest BCUT2D eigenvalue weighted by Gasteiger charge is -2.35. The van der Waals surface area contributed by atoms with E-state index in [9.17, 15) is 14.0 Å². The van der Waals surface area contributed by atoms with Crippen molar-refractivity contribution in [2.24, 2.45) is 23.7 Å². The monoisotopic (exact) mass is 524 g/mol. The van der Waals surface area contributed by atoms with E-state index in [4.69, 9.17) is 5.73 Å². The number of nitrogens with two attached hydrogens (primary N) is 1. The third kappa shape index (κ3) is 4.31. The molecule has 6 rings (SSSR count). The normalized spacial score (nSPS) is 23.7. The van der Waals surface area contributed by atoms with Gasteiger partial charge in [0.2, 0.25) is 5.91 Å². The van der Waals surface area contributed by atoms with Crippen molar-refractivity contribution in [2.45, 2.75) is 32.6 Å². The molecule has 2 saturated heterocycles. The number of carbonyl (C=O) groups is 2. The Balaban J connectivity index is 1.15. The van der Waals surface area contributed by atoms with Crippen LogP contribution in [0.15, 0.2) is 24.8 Å². The van der Waals surface area contributed by atoms with E-state index in [0.717, 1.165) is 42.1 Å². The van der Waals surface area contributed by atoms with E-state index in [2.05, 4.69) is 27.3 Å². The van der Waals surface area contributed by atoms with Gasteiger partial charge in [-0.1, -0.05) is 6.92 Å². The fraction of sp³-hybridized carbons (Fsp3) is 0.500. The van der Waals surface area contributed by atoms with Gasteiger partial charge in [0.1, 0.15) is 11.3 Å². The number of nitrogen functional groups attached to an aromatic ring is 1. The number of nitrogens with one attached hydrogen (secondary N) is 1. The van der Waals surface area contributed by atoms with Crippen LogP contribution in [0.1, 0.15) is 43.0 Å². The van der Waals surface area contributed by atoms with Gasteiger partial charge in [0.25, 0.3) is 5.91 Å². The molecular weight excluding hydrogens is 494 g/mol. The van der Waals surface area contributed by atoms with E-state index in [0.29, 0.717) is 37.8 Å². The molecule has 2 aliphatic heterocycles. The fourth-order valence-electron chi connectivity index (χ4n) is 6.56. The van der Waals surface area contributed by atoms with Crippen molar-refractivity contribution in [3.05, 3.63) is 42.0 Å². The van der Waals surface area contributed by atoms with Gasteiger partial charge in [-0.05, 0) is 43.4 Å². The van der Waals surface area contributed by atoms with Gasteiger partial charge < -0.3 is 20.9 Å². The summed E-state index contributed by atoms with van der Waals surface area (Å²) in [7, 11) is 0. The zero-order valence-electron chi connectivity index (χ0n) is 21.1. The molecule has 0 bridgehead atoms. The highest BCUT2D eigenvalue weighted by molar-refractivity contribution is 6.12. The Labute approximate surface area is 218 Å². The Hall–Kier alpha value is -3.83. The number of fused-ring (bicyclic) bond motifs is 2. The molecule has 1 aliphatic carbocycles. The van der Waals surface area contributed by atoms with Crippen molar-refractivity contribution in [2.75, 3.05) is 42.1 Å². The average molecular weight is 525 g/mol. The van der Waals surface area contributed by atoms with Crippen LogP contribution in [-0.2, 0) is 4.79 Å². The van der Waals surface area contributed by atoms with Gasteiger partial charge >= 0.3 is 0 Å². The number of halogens is 2. The van der Waals surface area contributed by atoms with Gasteiger partial charge in [-0.2, -0.15) is 0 Å². The van der Waals surface area contributed by atoms with Crippen LogP contribution < -0.4 is 16.0 Å². The molecule has 2 atom stereocenters. The molecule has 3 fully saturated rings. The molecule has 38 heavy (non-hydrogen) atoms. The SMILES string of the molecule is CC1CC2CN(C(=O)C3CCN(c4c(F)cncc4NC(=O)c4c(N)nn5cc(F)cnc45)CC3)CC2C1. The molecule has 0 spiro atoms. The number of likely N-dealkylation sites (tertiary alicyclic amines) is 1. The smallest absolute Gasteiger partial charge is 0.263 e. The van der Waals surface area contributed by atoms with Crippen LogP contribution in [0.2, 0.25) is 0 Å². The number of amides is 2. The first-order chi connectivity index (χ1) is 18.3. The molecule has 2 unspecified atom stereocenters. The van der Waals surface area contributed by atoms with Gasteiger partial charge in [-0.3, -0.25) is 14.6 Å². The number of nitrogens with zero attached hydrogens (tertiary/aromatic N) is 6. The minimum absolute atomic E-state index is 0.0470. The van der Waals surface area contributed by atoms with Crippen LogP contribution in [0.25, 0.3) is 5.65 Å². The Morgan fingerprint density at radius 3 is 2.50 bits per heavy atom. The molecule has 10 nitrogen and oxygen atoms in total. The Bertz CT molecular complexity index is 1390. The molecular formula is C26H30F2N8O2. The Morgan fingerprint density at radius 1 is 1.08 bits per heavy atom. The first kappa shape index (κ1) is 24.5. The predicted molar refractivity (Wildman–Crippen MR) is 136 cm³/mol. The predicted octanol–water partition coefficient (Wildman–Crippen LogP) is 2.96. The van der Waals surface area contributed by atoms with Crippen molar-refractivity contribution in [3.63, 3.8) is 0 Å². The maximum Gasteiger partial charge on any atom is 0.263 e. The third-order valence-corrected chi connectivity index (χ3v) is 8.27. The average Bonchev–Trinajstić information content (AvgIpc) is 3.53. The summed E-state index contributed by atoms with van der Waals surface area (Å²) in [6, 6.07) is 0. The molecule has 2 amide bonds. The lowest BCUT2D eigenvalue weighted by Crippen LogP contribution is -2.42. The van der Waals surface area contributed by atoms with Crippen LogP contribution in [0, 0.1) is 35.3 Å². The van der Waals surface area contributed by atoms with Crippen LogP contribution >= 0.6 is 0 Å². The standard InChI is InChI=1S/C26H30F2N8O2/c1-14-6-16-11-35(12-17(16)7-14)26(38)15-2-4-34(5-3-15)22-19(28)9-30-10-20(22)32-25(37)21-23(29)33-36-13-18(27)8-31-24(21)36/h8-10,13-17H,2-7,11-12H2,1H3,(H2,29,33)(H,32,37). The number of hydrogen-bond donors (Lipinski definition) is 2. The first-order valence-electron chi connectivity index (χ1n) is 13.1. The number of anilines is 3. The number of aromatic nitrogens is 4. The maximum atomic E-state index is 15.0. The van der Waals surface area contributed by atoms with Gasteiger partial charge in [0.05, 0.1) is 30.5 Å². The van der Waals surface area contributed by atoms with E-state index in [1.54, 1.807) is 0 Å². The number of pyridine rings is 1. The number of hydrogen-bond acceptors (Lipinski definition) is 7. The molecule has 3 aromatic heterocycles. The largest absolute Gasteiger partial charge is 0.381 e. The van der Waals surface area contributed by atoms with Crippen molar-refractivity contribution in [1.29, 1.82) is 0 Å². The summed E-state index contributed by atoms with van der Waals surface area (Å²) < 4.78 is 29.6. The Kier molecular flexibility index (Phi) is 6.11. The summed E-state index contributed by atoms with van der Waals surface area (Å²) >= 11 is 0. The summed E-state index contributed by atoms with van der Waals surface area (Å²) in [5, 5.41) is 6.62. The minimum Gasteiger partial charge on any atom is -0.381 e. The zero-order chi connectivity index (χ0) is 26.6. The highest BCUT2D eigenvalue weighted by Crippen LogP contribution is 2.42. The van der Waals surface area contributed by atoms with Gasteiger partial charge in [0.15, 0.2) is 23.1 Å². The van der Waals surface area contributed by atoms with Crippen LogP contribution in [0.5, 0.6) is 0 Å². The molecule has 0 radical (unpaired) electrons. The van der Waals surface area contributed by atoms with Crippen molar-refractivity contribution >= 4 is 34.7 Å². The van der Waals surface area contributed by atoms with Gasteiger partial charge in [-0.15, -0.1) is 5.10 Å². The van der Waals surface area contributed by atoms with Crippen molar-refractivity contribution in [3.8, 4) is 0 Å². The number of carbonyl (C=O) groups excluding carboxylic acids is 2. The van der Waals surface area contributed by atoms with E-state index < -0.39 is 17.5 Å². The van der Waals surface area contributed by atoms with Crippen LogP contribution in [0.3, 0.4) is 0 Å². The number of piperidine rings is 1. The summed E-state index contributed by atoms with van der Waals surface area (Å²) in [6.45, 7) is 4.95. The highest BCUT2D eigenvalue weighted by atomic mass is 19.1. The van der Waals surface area contributed by atoms with Gasteiger partial charge in [0, 0.05) is 32.1 Å². The summed E-state index contributed by atoms with van der Waals surface area (Å²) in [5.41, 5.74) is 6.31. The topological polar surface area (TPSA) is 122 Å². The molecule has 200 valence electrons. The van der Waals surface area contributed by atoms with Gasteiger partial charge in [-0.25, -0.2) is 18.3 Å². The lowest BCUT2D eigenvalue weighted by atomic mass is 9.94. The quantitative estimate of drug-likeness (QED) is 0.538. The van der Waals surface area contributed by atoms with E-state index >= 15 is 4.39 Å². The van der Waals surface area contributed by atoms with Crippen LogP contribution in [0.4, 0.5) is 26.0 Å². The second-order valence-corrected chi connectivity index (χ2v) is 10.9. The van der Waals surface area contributed by atoms with E-state index in [-0.39, 0.29) is 40.2 Å². The molecule has 3 aromatic rings. The second kappa shape index (κ2) is 9.48. The molecule has 5 heterocycles. The summed E-state index contributed by atoms with van der Waals surface area (Å²) in [6.07, 6.45) is 8.10. The van der Waals surface area contributed by atoms with Crippen molar-refractivity contribution in [1.82, 2.24) is 24.5 Å². The first-order valence-corrected chi connectivity index (χ1v) is 13.1. The lowest BCUT2D eigenvalue weighted by molar-refractivity contribution is -0.135. The van der Waals surface area contributed by atoms with Crippen molar-refractivity contribution < 1.29 is 18.4 Å². The molecule has 3 aliphatic rings. The number of rotatable bonds is 4. The molecule has 1 saturated carbocycles. The maximum absolute atomic E-state index is 15.0. The van der Waals surface area contributed by atoms with E-state index in [1.165, 1.54) is 19.0 Å². The fourth-order valence-corrected chi connectivity index (χ4v) is 6.56. The van der Waals surface area contributed by atoms with Crippen LogP contribution in [-0.4, -0.2) is 62.5 Å². The minimum atomic E-state index is -0.663. The Morgan fingerprint density at radius 2 is 1.79 bits per heavy atom. The molecule has 0 aromatic carbocycles. The molecule has 3 N–H and O–H groups in total. The zero-order valence-corrected chi connectivity index (χ0v) is 21.1.